The molecular weight excluding hydrogens is 420 g/mol. The number of nitrogen functional groups attached to an aromatic ring is 1. The predicted molar refractivity (Wildman–Crippen MR) is 92.6 cm³/mol. The number of benzene rings is 1. The summed E-state index contributed by atoms with van der Waals surface area (Å²) in [4.78, 5) is 0.120. The lowest BCUT2D eigenvalue weighted by molar-refractivity contribution is 0.283. The predicted octanol–water partition coefficient (Wildman–Crippen LogP) is 3.90. The van der Waals surface area contributed by atoms with Crippen LogP contribution in [0.15, 0.2) is 26.0 Å². The third kappa shape index (κ3) is 4.43. The average molecular weight is 440 g/mol. The van der Waals surface area contributed by atoms with Crippen LogP contribution in [0.2, 0.25) is 0 Å². The van der Waals surface area contributed by atoms with Gasteiger partial charge in [0, 0.05) is 15.5 Å². The lowest BCUT2D eigenvalue weighted by atomic mass is 9.83. The van der Waals surface area contributed by atoms with Crippen LogP contribution < -0.4 is 10.5 Å². The van der Waals surface area contributed by atoms with Gasteiger partial charge in [-0.2, -0.15) is 0 Å². The molecule has 0 bridgehead atoms. The highest BCUT2D eigenvalue weighted by Crippen LogP contribution is 2.32. The summed E-state index contributed by atoms with van der Waals surface area (Å²) in [6, 6.07) is 3.29. The Balaban J connectivity index is 2.12. The third-order valence-corrected chi connectivity index (χ3v) is 6.80. The van der Waals surface area contributed by atoms with Gasteiger partial charge in [0.25, 0.3) is 0 Å². The summed E-state index contributed by atoms with van der Waals surface area (Å²) in [5, 5.41) is 0. The maximum atomic E-state index is 12.5. The molecular formula is C14H20Br2N2O2S. The first kappa shape index (κ1) is 17.2. The SMILES string of the molecule is CC1CCCC(CNS(=O)(=O)c2c(N)cc(Br)cc2Br)C1. The molecule has 2 unspecified atom stereocenters. The molecule has 1 saturated carbocycles. The minimum Gasteiger partial charge on any atom is -0.398 e. The topological polar surface area (TPSA) is 72.2 Å². The quantitative estimate of drug-likeness (QED) is 0.698. The molecule has 0 heterocycles. The average Bonchev–Trinajstić information content (AvgIpc) is 2.35. The Bertz CT molecular complexity index is 596. The second kappa shape index (κ2) is 6.98. The number of nitrogens with one attached hydrogen (secondary N) is 1. The van der Waals surface area contributed by atoms with E-state index in [-0.39, 0.29) is 10.6 Å². The number of sulfonamides is 1. The third-order valence-electron chi connectivity index (χ3n) is 3.91. The van der Waals surface area contributed by atoms with Crippen LogP contribution in [0.1, 0.15) is 32.6 Å². The molecule has 21 heavy (non-hydrogen) atoms. The maximum Gasteiger partial charge on any atom is 0.243 e. The van der Waals surface area contributed by atoms with Gasteiger partial charge in [-0.15, -0.1) is 0 Å². The summed E-state index contributed by atoms with van der Waals surface area (Å²) >= 11 is 6.58. The highest BCUT2D eigenvalue weighted by molar-refractivity contribution is 9.11. The van der Waals surface area contributed by atoms with E-state index in [1.54, 1.807) is 12.1 Å². The summed E-state index contributed by atoms with van der Waals surface area (Å²) in [5.74, 6) is 1.09. The van der Waals surface area contributed by atoms with Gasteiger partial charge in [0.05, 0.1) is 5.69 Å². The summed E-state index contributed by atoms with van der Waals surface area (Å²) in [5.41, 5.74) is 6.10. The van der Waals surface area contributed by atoms with Gasteiger partial charge >= 0.3 is 0 Å². The van der Waals surface area contributed by atoms with Gasteiger partial charge in [-0.25, -0.2) is 13.1 Å². The first-order valence-corrected chi connectivity index (χ1v) is 10.1. The van der Waals surface area contributed by atoms with Crippen molar-refractivity contribution in [2.75, 3.05) is 12.3 Å². The fraction of sp³-hybridized carbons (Fsp3) is 0.571. The Morgan fingerprint density at radius 1 is 1.33 bits per heavy atom. The van der Waals surface area contributed by atoms with Gasteiger partial charge in [0.1, 0.15) is 4.90 Å². The van der Waals surface area contributed by atoms with Crippen LogP contribution in [0.25, 0.3) is 0 Å². The van der Waals surface area contributed by atoms with Crippen LogP contribution in [-0.2, 0) is 10.0 Å². The zero-order chi connectivity index (χ0) is 15.6. The molecule has 0 aliphatic heterocycles. The van der Waals surface area contributed by atoms with E-state index in [1.165, 1.54) is 12.8 Å². The van der Waals surface area contributed by atoms with Gasteiger partial charge in [-0.05, 0) is 52.7 Å². The Kier molecular flexibility index (Phi) is 5.73. The van der Waals surface area contributed by atoms with Crippen molar-refractivity contribution in [3.63, 3.8) is 0 Å². The minimum absolute atomic E-state index is 0.120. The molecule has 1 aromatic carbocycles. The molecule has 1 aromatic rings. The monoisotopic (exact) mass is 438 g/mol. The molecule has 0 spiro atoms. The molecule has 0 radical (unpaired) electrons. The second-order valence-corrected chi connectivity index (χ2v) is 9.27. The normalized spacial score (nSPS) is 23.2. The number of rotatable bonds is 4. The molecule has 3 N–H and O–H groups in total. The van der Waals surface area contributed by atoms with E-state index in [2.05, 4.69) is 43.5 Å². The van der Waals surface area contributed by atoms with Crippen molar-refractivity contribution in [1.82, 2.24) is 4.72 Å². The molecule has 2 rings (SSSR count). The molecule has 2 atom stereocenters. The second-order valence-electron chi connectivity index (χ2n) is 5.80. The molecule has 1 aliphatic rings. The van der Waals surface area contributed by atoms with Gasteiger partial charge in [0.15, 0.2) is 0 Å². The van der Waals surface area contributed by atoms with Crippen molar-refractivity contribution in [1.29, 1.82) is 0 Å². The fourth-order valence-corrected chi connectivity index (χ4v) is 6.09. The molecule has 1 fully saturated rings. The van der Waals surface area contributed by atoms with Crippen molar-refractivity contribution in [2.45, 2.75) is 37.5 Å². The van der Waals surface area contributed by atoms with Crippen molar-refractivity contribution in [3.05, 3.63) is 21.1 Å². The van der Waals surface area contributed by atoms with Crippen molar-refractivity contribution in [2.24, 2.45) is 11.8 Å². The Labute approximate surface area is 143 Å². The molecule has 0 aromatic heterocycles. The minimum atomic E-state index is -3.60. The van der Waals surface area contributed by atoms with Crippen LogP contribution in [0.5, 0.6) is 0 Å². The number of anilines is 1. The summed E-state index contributed by atoms with van der Waals surface area (Å²) in [6.07, 6.45) is 4.59. The van der Waals surface area contributed by atoms with Crippen LogP contribution in [-0.4, -0.2) is 15.0 Å². The van der Waals surface area contributed by atoms with E-state index in [9.17, 15) is 8.42 Å². The van der Waals surface area contributed by atoms with E-state index in [0.29, 0.717) is 22.9 Å². The fourth-order valence-electron chi connectivity index (χ4n) is 2.91. The van der Waals surface area contributed by atoms with Crippen molar-refractivity contribution >= 4 is 47.6 Å². The van der Waals surface area contributed by atoms with Crippen molar-refractivity contribution in [3.8, 4) is 0 Å². The summed E-state index contributed by atoms with van der Waals surface area (Å²) < 4.78 is 28.9. The Morgan fingerprint density at radius 2 is 2.05 bits per heavy atom. The van der Waals surface area contributed by atoms with E-state index in [1.807, 2.05) is 0 Å². The molecule has 118 valence electrons. The van der Waals surface area contributed by atoms with Gasteiger partial charge in [0.2, 0.25) is 10.0 Å². The summed E-state index contributed by atoms with van der Waals surface area (Å²) in [6.45, 7) is 2.71. The molecule has 0 saturated heterocycles. The van der Waals surface area contributed by atoms with Gasteiger partial charge in [-0.3, -0.25) is 0 Å². The molecule has 1 aliphatic carbocycles. The van der Waals surface area contributed by atoms with Crippen LogP contribution in [0.3, 0.4) is 0 Å². The summed E-state index contributed by atoms with van der Waals surface area (Å²) in [7, 11) is -3.60. The van der Waals surface area contributed by atoms with E-state index < -0.39 is 10.0 Å². The van der Waals surface area contributed by atoms with E-state index >= 15 is 0 Å². The maximum absolute atomic E-state index is 12.5. The molecule has 7 heteroatoms. The van der Waals surface area contributed by atoms with Crippen LogP contribution in [0.4, 0.5) is 5.69 Å². The number of nitrogens with two attached hydrogens (primary N) is 1. The van der Waals surface area contributed by atoms with Crippen LogP contribution >= 0.6 is 31.9 Å². The highest BCUT2D eigenvalue weighted by Gasteiger charge is 2.25. The van der Waals surface area contributed by atoms with Gasteiger partial charge in [-0.1, -0.05) is 35.7 Å². The Hall–Kier alpha value is -0.110. The van der Waals surface area contributed by atoms with E-state index in [0.717, 1.165) is 17.3 Å². The number of halogens is 2. The zero-order valence-electron chi connectivity index (χ0n) is 11.9. The number of hydrogen-bond acceptors (Lipinski definition) is 3. The van der Waals surface area contributed by atoms with Crippen molar-refractivity contribution < 1.29 is 8.42 Å². The Morgan fingerprint density at radius 3 is 2.67 bits per heavy atom. The molecule has 0 amide bonds. The lowest BCUT2D eigenvalue weighted by Gasteiger charge is -2.26. The smallest absolute Gasteiger partial charge is 0.243 e. The highest BCUT2D eigenvalue weighted by atomic mass is 79.9. The first-order chi connectivity index (χ1) is 9.79. The largest absolute Gasteiger partial charge is 0.398 e. The number of hydrogen-bond donors (Lipinski definition) is 2. The van der Waals surface area contributed by atoms with E-state index in [4.69, 9.17) is 5.73 Å². The molecule has 4 nitrogen and oxygen atoms in total. The van der Waals surface area contributed by atoms with Crippen LogP contribution in [0, 0.1) is 11.8 Å². The lowest BCUT2D eigenvalue weighted by Crippen LogP contribution is -2.32. The zero-order valence-corrected chi connectivity index (χ0v) is 15.9. The first-order valence-electron chi connectivity index (χ1n) is 7.04. The standard InChI is InChI=1S/C14H20Br2N2O2S/c1-9-3-2-4-10(5-9)8-18-21(19,20)14-12(16)6-11(15)7-13(14)17/h6-7,9-10,18H,2-5,8,17H2,1H3. The van der Waals surface area contributed by atoms with Gasteiger partial charge < -0.3 is 5.73 Å².